The summed E-state index contributed by atoms with van der Waals surface area (Å²) in [6.45, 7) is 3.24. The molecule has 1 heterocycles. The number of imidazole rings is 1. The number of aromatic nitrogens is 2. The maximum atomic E-state index is 12.1. The molecule has 1 atom stereocenters. The van der Waals surface area contributed by atoms with E-state index in [0.29, 0.717) is 0 Å². The van der Waals surface area contributed by atoms with Crippen LogP contribution in [0.25, 0.3) is 0 Å². The fraction of sp³-hybridized carbons (Fsp3) is 0.571. The Hall–Kier alpha value is -0.930. The molecule has 1 aromatic rings. The molecule has 0 aliphatic carbocycles. The second-order valence-corrected chi connectivity index (χ2v) is 2.54. The molecule has 0 aromatic carbocycles. The summed E-state index contributed by atoms with van der Waals surface area (Å²) in [5, 5.41) is 0. The van der Waals surface area contributed by atoms with Crippen molar-refractivity contribution in [1.82, 2.24) is 9.55 Å². The van der Waals surface area contributed by atoms with E-state index < -0.39 is 12.5 Å². The van der Waals surface area contributed by atoms with E-state index in [4.69, 9.17) is 0 Å². The van der Waals surface area contributed by atoms with Gasteiger partial charge in [0.05, 0.1) is 18.1 Å². The van der Waals surface area contributed by atoms with Crippen LogP contribution in [0.4, 0.5) is 8.78 Å². The van der Waals surface area contributed by atoms with Gasteiger partial charge in [-0.25, -0.2) is 13.8 Å². The molecule has 62 valence electrons. The zero-order chi connectivity index (χ0) is 8.43. The fourth-order valence-corrected chi connectivity index (χ4v) is 0.793. The third-order valence-corrected chi connectivity index (χ3v) is 1.57. The molecule has 0 N–H and O–H groups in total. The highest BCUT2D eigenvalue weighted by atomic mass is 19.3. The summed E-state index contributed by atoms with van der Waals surface area (Å²) in [5.74, 6) is 0. The predicted molar refractivity (Wildman–Crippen MR) is 37.7 cm³/mol. The Morgan fingerprint density at radius 2 is 2.18 bits per heavy atom. The van der Waals surface area contributed by atoms with Crippen LogP contribution in [0.5, 0.6) is 0 Å². The van der Waals surface area contributed by atoms with E-state index in [1.807, 2.05) is 0 Å². The van der Waals surface area contributed by atoms with Gasteiger partial charge in [-0.05, 0) is 13.8 Å². The standard InChI is InChI=1S/C7H10F2N2/c1-5-3-11(4-10-5)6(2)7(8)9/h3-4,6-7H,1-2H3. The Balaban J connectivity index is 2.76. The Labute approximate surface area is 63.9 Å². The van der Waals surface area contributed by atoms with Gasteiger partial charge in [-0.3, -0.25) is 0 Å². The first-order valence-corrected chi connectivity index (χ1v) is 3.39. The Morgan fingerprint density at radius 3 is 2.55 bits per heavy atom. The zero-order valence-electron chi connectivity index (χ0n) is 6.46. The Morgan fingerprint density at radius 1 is 1.55 bits per heavy atom. The van der Waals surface area contributed by atoms with Crippen molar-refractivity contribution in [2.24, 2.45) is 0 Å². The van der Waals surface area contributed by atoms with E-state index in [1.54, 1.807) is 13.1 Å². The molecule has 1 unspecified atom stereocenters. The molecule has 4 heteroatoms. The SMILES string of the molecule is Cc1cn(C(C)C(F)F)cn1. The van der Waals surface area contributed by atoms with Crippen LogP contribution in [-0.4, -0.2) is 16.0 Å². The van der Waals surface area contributed by atoms with Crippen molar-refractivity contribution in [2.45, 2.75) is 26.3 Å². The van der Waals surface area contributed by atoms with E-state index in [1.165, 1.54) is 17.8 Å². The van der Waals surface area contributed by atoms with Gasteiger partial charge in [0.2, 0.25) is 0 Å². The number of halogens is 2. The van der Waals surface area contributed by atoms with E-state index in [2.05, 4.69) is 4.98 Å². The maximum Gasteiger partial charge on any atom is 0.258 e. The summed E-state index contributed by atoms with van der Waals surface area (Å²) >= 11 is 0. The van der Waals surface area contributed by atoms with Crippen molar-refractivity contribution >= 4 is 0 Å². The average molecular weight is 160 g/mol. The van der Waals surface area contributed by atoms with Gasteiger partial charge in [-0.2, -0.15) is 0 Å². The van der Waals surface area contributed by atoms with Gasteiger partial charge in [-0.1, -0.05) is 0 Å². The van der Waals surface area contributed by atoms with Crippen LogP contribution in [0, 0.1) is 6.92 Å². The van der Waals surface area contributed by atoms with Crippen LogP contribution >= 0.6 is 0 Å². The number of alkyl halides is 2. The molecular formula is C7H10F2N2. The molecule has 11 heavy (non-hydrogen) atoms. The topological polar surface area (TPSA) is 17.8 Å². The molecule has 0 radical (unpaired) electrons. The minimum absolute atomic E-state index is 0.762. The second-order valence-electron chi connectivity index (χ2n) is 2.54. The summed E-state index contributed by atoms with van der Waals surface area (Å²) in [6, 6.07) is -0.781. The molecule has 0 aliphatic rings. The highest BCUT2D eigenvalue weighted by Gasteiger charge is 2.15. The minimum atomic E-state index is -2.33. The highest BCUT2D eigenvalue weighted by Crippen LogP contribution is 2.15. The number of rotatable bonds is 2. The average Bonchev–Trinajstić information content (AvgIpc) is 2.34. The number of hydrogen-bond donors (Lipinski definition) is 0. The zero-order valence-corrected chi connectivity index (χ0v) is 6.46. The molecule has 0 amide bonds. The lowest BCUT2D eigenvalue weighted by Gasteiger charge is -2.10. The van der Waals surface area contributed by atoms with Crippen molar-refractivity contribution < 1.29 is 8.78 Å². The molecule has 0 fully saturated rings. The monoisotopic (exact) mass is 160 g/mol. The third kappa shape index (κ3) is 1.76. The summed E-state index contributed by atoms with van der Waals surface area (Å²) in [6.07, 6.45) is 0.701. The smallest absolute Gasteiger partial charge is 0.258 e. The molecule has 1 aromatic heterocycles. The second kappa shape index (κ2) is 2.98. The van der Waals surface area contributed by atoms with Gasteiger partial charge in [0.1, 0.15) is 0 Å². The van der Waals surface area contributed by atoms with Gasteiger partial charge in [0, 0.05) is 6.20 Å². The van der Waals surface area contributed by atoms with Crippen molar-refractivity contribution in [2.75, 3.05) is 0 Å². The van der Waals surface area contributed by atoms with Gasteiger partial charge in [0.25, 0.3) is 6.43 Å². The maximum absolute atomic E-state index is 12.1. The molecule has 1 rings (SSSR count). The van der Waals surface area contributed by atoms with E-state index in [-0.39, 0.29) is 0 Å². The van der Waals surface area contributed by atoms with Crippen LogP contribution in [0.1, 0.15) is 18.7 Å². The van der Waals surface area contributed by atoms with Gasteiger partial charge < -0.3 is 4.57 Å². The molecule has 0 spiro atoms. The molecule has 0 saturated heterocycles. The summed E-state index contributed by atoms with van der Waals surface area (Å²) in [5.41, 5.74) is 0.762. The van der Waals surface area contributed by atoms with Crippen molar-refractivity contribution in [1.29, 1.82) is 0 Å². The van der Waals surface area contributed by atoms with E-state index in [9.17, 15) is 8.78 Å². The summed E-state index contributed by atoms with van der Waals surface area (Å²) in [7, 11) is 0. The quantitative estimate of drug-likeness (QED) is 0.647. The number of nitrogens with zero attached hydrogens (tertiary/aromatic N) is 2. The molecular weight excluding hydrogens is 150 g/mol. The Bertz CT molecular complexity index is 232. The lowest BCUT2D eigenvalue weighted by molar-refractivity contribution is 0.0914. The van der Waals surface area contributed by atoms with Crippen LogP contribution in [0.15, 0.2) is 12.5 Å². The summed E-state index contributed by atoms with van der Waals surface area (Å²) < 4.78 is 25.6. The first-order chi connectivity index (χ1) is 5.11. The van der Waals surface area contributed by atoms with Crippen LogP contribution in [0.3, 0.4) is 0 Å². The molecule has 2 nitrogen and oxygen atoms in total. The molecule has 0 saturated carbocycles. The van der Waals surface area contributed by atoms with Gasteiger partial charge in [0.15, 0.2) is 0 Å². The van der Waals surface area contributed by atoms with Gasteiger partial charge in [-0.15, -0.1) is 0 Å². The number of hydrogen-bond acceptors (Lipinski definition) is 1. The van der Waals surface area contributed by atoms with E-state index in [0.717, 1.165) is 5.69 Å². The minimum Gasteiger partial charge on any atom is -0.329 e. The lowest BCUT2D eigenvalue weighted by Crippen LogP contribution is -2.11. The largest absolute Gasteiger partial charge is 0.329 e. The Kier molecular flexibility index (Phi) is 2.22. The lowest BCUT2D eigenvalue weighted by atomic mass is 10.3. The van der Waals surface area contributed by atoms with E-state index >= 15 is 0 Å². The molecule has 0 bridgehead atoms. The van der Waals surface area contributed by atoms with Crippen molar-refractivity contribution in [3.63, 3.8) is 0 Å². The van der Waals surface area contributed by atoms with Crippen LogP contribution < -0.4 is 0 Å². The summed E-state index contributed by atoms with van der Waals surface area (Å²) in [4.78, 5) is 3.85. The predicted octanol–water partition coefficient (Wildman–Crippen LogP) is 2.02. The van der Waals surface area contributed by atoms with Crippen LogP contribution in [-0.2, 0) is 0 Å². The number of aryl methyl sites for hydroxylation is 1. The fourth-order valence-electron chi connectivity index (χ4n) is 0.793. The highest BCUT2D eigenvalue weighted by molar-refractivity contribution is 4.94. The first-order valence-electron chi connectivity index (χ1n) is 3.39. The first kappa shape index (κ1) is 8.17. The van der Waals surface area contributed by atoms with Crippen molar-refractivity contribution in [3.05, 3.63) is 18.2 Å². The molecule has 0 aliphatic heterocycles. The third-order valence-electron chi connectivity index (χ3n) is 1.57. The van der Waals surface area contributed by atoms with Gasteiger partial charge >= 0.3 is 0 Å². The van der Waals surface area contributed by atoms with Crippen molar-refractivity contribution in [3.8, 4) is 0 Å². The normalized spacial score (nSPS) is 13.9. The van der Waals surface area contributed by atoms with Crippen LogP contribution in [0.2, 0.25) is 0 Å².